The number of halogens is 2. The van der Waals surface area contributed by atoms with E-state index >= 15 is 0 Å². The van der Waals surface area contributed by atoms with Crippen LogP contribution in [0.15, 0.2) is 18.2 Å². The molecule has 2 atom stereocenters. The van der Waals surface area contributed by atoms with Gasteiger partial charge < -0.3 is 5.11 Å². The molecule has 1 aliphatic rings. The van der Waals surface area contributed by atoms with Crippen LogP contribution in [0.5, 0.6) is 0 Å². The first-order valence-electron chi connectivity index (χ1n) is 4.28. The van der Waals surface area contributed by atoms with Gasteiger partial charge in [-0.3, -0.25) is 0 Å². The zero-order valence-electron chi connectivity index (χ0n) is 7.00. The maximum Gasteiger partial charge on any atom is 0.0465 e. The first kappa shape index (κ1) is 9.32. The van der Waals surface area contributed by atoms with Crippen LogP contribution in [-0.2, 0) is 0 Å². The monoisotopic (exact) mass is 216 g/mol. The van der Waals surface area contributed by atoms with E-state index in [0.29, 0.717) is 16.9 Å². The van der Waals surface area contributed by atoms with Gasteiger partial charge >= 0.3 is 0 Å². The molecule has 0 bridgehead atoms. The quantitative estimate of drug-likeness (QED) is 0.806. The van der Waals surface area contributed by atoms with Crippen molar-refractivity contribution in [2.45, 2.75) is 12.3 Å². The van der Waals surface area contributed by atoms with E-state index in [1.807, 2.05) is 12.1 Å². The summed E-state index contributed by atoms with van der Waals surface area (Å²) in [5.74, 6) is 0.798. The molecular weight excluding hydrogens is 207 g/mol. The third-order valence-electron chi connectivity index (χ3n) is 2.51. The highest BCUT2D eigenvalue weighted by atomic mass is 35.5. The van der Waals surface area contributed by atoms with E-state index in [2.05, 4.69) is 0 Å². The minimum absolute atomic E-state index is 0.244. The Bertz CT molecular complexity index is 325. The van der Waals surface area contributed by atoms with Crippen molar-refractivity contribution in [3.8, 4) is 0 Å². The topological polar surface area (TPSA) is 20.2 Å². The van der Waals surface area contributed by atoms with E-state index in [1.165, 1.54) is 0 Å². The molecule has 0 aromatic heterocycles. The second-order valence-electron chi connectivity index (χ2n) is 3.45. The van der Waals surface area contributed by atoms with Gasteiger partial charge in [-0.1, -0.05) is 23.2 Å². The molecule has 1 aliphatic carbocycles. The predicted molar refractivity (Wildman–Crippen MR) is 54.4 cm³/mol. The SMILES string of the molecule is OC[C@@H]1C[C@@H]1c1cc(Cl)ccc1Cl. The van der Waals surface area contributed by atoms with E-state index in [1.54, 1.807) is 6.07 Å². The Morgan fingerprint density at radius 2 is 2.15 bits per heavy atom. The van der Waals surface area contributed by atoms with Crippen molar-refractivity contribution < 1.29 is 5.11 Å². The highest BCUT2D eigenvalue weighted by Gasteiger charge is 2.38. The number of hydrogen-bond donors (Lipinski definition) is 1. The third-order valence-corrected chi connectivity index (χ3v) is 3.09. The van der Waals surface area contributed by atoms with Gasteiger partial charge in [-0.25, -0.2) is 0 Å². The molecule has 2 rings (SSSR count). The minimum Gasteiger partial charge on any atom is -0.396 e. The van der Waals surface area contributed by atoms with Gasteiger partial charge in [-0.05, 0) is 42.0 Å². The van der Waals surface area contributed by atoms with Crippen LogP contribution in [-0.4, -0.2) is 11.7 Å². The Morgan fingerprint density at radius 3 is 2.77 bits per heavy atom. The number of benzene rings is 1. The third kappa shape index (κ3) is 1.83. The Kier molecular flexibility index (Phi) is 2.50. The summed E-state index contributed by atoms with van der Waals surface area (Å²) in [6.07, 6.45) is 1.02. The molecular formula is C10H10Cl2O. The molecule has 0 saturated heterocycles. The molecule has 1 nitrogen and oxygen atoms in total. The Hall–Kier alpha value is -0.240. The van der Waals surface area contributed by atoms with Crippen LogP contribution in [0.4, 0.5) is 0 Å². The fraction of sp³-hybridized carbons (Fsp3) is 0.400. The van der Waals surface area contributed by atoms with Crippen molar-refractivity contribution in [1.82, 2.24) is 0 Å². The highest BCUT2D eigenvalue weighted by molar-refractivity contribution is 6.33. The Labute approximate surface area is 87.3 Å². The lowest BCUT2D eigenvalue weighted by molar-refractivity contribution is 0.274. The fourth-order valence-corrected chi connectivity index (χ4v) is 2.07. The van der Waals surface area contributed by atoms with Gasteiger partial charge in [-0.15, -0.1) is 0 Å². The minimum atomic E-state index is 0.244. The smallest absolute Gasteiger partial charge is 0.0465 e. The van der Waals surface area contributed by atoms with Crippen molar-refractivity contribution in [2.75, 3.05) is 6.61 Å². The molecule has 1 aromatic carbocycles. The molecule has 1 fully saturated rings. The zero-order chi connectivity index (χ0) is 9.42. The second kappa shape index (κ2) is 3.49. The number of rotatable bonds is 2. The molecule has 1 aromatic rings. The van der Waals surface area contributed by atoms with Gasteiger partial charge in [-0.2, -0.15) is 0 Å². The maximum atomic E-state index is 8.92. The lowest BCUT2D eigenvalue weighted by atomic mass is 10.1. The zero-order valence-corrected chi connectivity index (χ0v) is 8.52. The first-order chi connectivity index (χ1) is 6.22. The molecule has 0 unspecified atom stereocenters. The van der Waals surface area contributed by atoms with Crippen molar-refractivity contribution in [2.24, 2.45) is 5.92 Å². The van der Waals surface area contributed by atoms with Gasteiger partial charge in [0.2, 0.25) is 0 Å². The number of aliphatic hydroxyl groups is 1. The van der Waals surface area contributed by atoms with Crippen molar-refractivity contribution in [3.63, 3.8) is 0 Å². The normalized spacial score (nSPS) is 26.1. The Morgan fingerprint density at radius 1 is 1.38 bits per heavy atom. The molecule has 1 N–H and O–H groups in total. The molecule has 0 aliphatic heterocycles. The first-order valence-corrected chi connectivity index (χ1v) is 5.03. The van der Waals surface area contributed by atoms with Gasteiger partial charge in [0.25, 0.3) is 0 Å². The summed E-state index contributed by atoms with van der Waals surface area (Å²) in [4.78, 5) is 0. The van der Waals surface area contributed by atoms with Crippen LogP contribution in [0.2, 0.25) is 10.0 Å². The van der Waals surface area contributed by atoms with E-state index in [-0.39, 0.29) is 6.61 Å². The van der Waals surface area contributed by atoms with Gasteiger partial charge in [0.05, 0.1) is 0 Å². The molecule has 0 radical (unpaired) electrons. The van der Waals surface area contributed by atoms with Crippen molar-refractivity contribution in [3.05, 3.63) is 33.8 Å². The molecule has 70 valence electrons. The second-order valence-corrected chi connectivity index (χ2v) is 4.29. The summed E-state index contributed by atoms with van der Waals surface area (Å²) >= 11 is 11.9. The van der Waals surface area contributed by atoms with E-state index in [9.17, 15) is 0 Å². The summed E-state index contributed by atoms with van der Waals surface area (Å²) in [5, 5.41) is 10.4. The number of hydrogen-bond acceptors (Lipinski definition) is 1. The summed E-state index contributed by atoms with van der Waals surface area (Å²) in [6.45, 7) is 0.244. The molecule has 0 amide bonds. The van der Waals surface area contributed by atoms with Crippen LogP contribution in [0.25, 0.3) is 0 Å². The summed E-state index contributed by atoms with van der Waals surface area (Å²) < 4.78 is 0. The molecule has 0 spiro atoms. The lowest BCUT2D eigenvalue weighted by Gasteiger charge is -2.02. The van der Waals surface area contributed by atoms with E-state index in [4.69, 9.17) is 28.3 Å². The maximum absolute atomic E-state index is 8.92. The van der Waals surface area contributed by atoms with Gasteiger partial charge in [0.15, 0.2) is 0 Å². The highest BCUT2D eigenvalue weighted by Crippen LogP contribution is 2.49. The molecule has 1 saturated carbocycles. The standard InChI is InChI=1S/C10H10Cl2O/c11-7-1-2-10(12)9(4-7)8-3-6(8)5-13/h1-2,4,6,8,13H,3,5H2/t6-,8-/m0/s1. The summed E-state index contributed by atoms with van der Waals surface area (Å²) in [6, 6.07) is 5.49. The van der Waals surface area contributed by atoms with E-state index < -0.39 is 0 Å². The van der Waals surface area contributed by atoms with Crippen LogP contribution >= 0.6 is 23.2 Å². The summed E-state index contributed by atoms with van der Waals surface area (Å²) in [5.41, 5.74) is 1.08. The fourth-order valence-electron chi connectivity index (χ4n) is 1.63. The van der Waals surface area contributed by atoms with Crippen molar-refractivity contribution >= 4 is 23.2 Å². The molecule has 13 heavy (non-hydrogen) atoms. The average molecular weight is 217 g/mol. The van der Waals surface area contributed by atoms with Crippen LogP contribution in [0.1, 0.15) is 17.9 Å². The summed E-state index contributed by atoms with van der Waals surface area (Å²) in [7, 11) is 0. The average Bonchev–Trinajstić information content (AvgIpc) is 2.88. The lowest BCUT2D eigenvalue weighted by Crippen LogP contribution is -1.89. The Balaban J connectivity index is 2.25. The molecule has 3 heteroatoms. The number of aliphatic hydroxyl groups excluding tert-OH is 1. The van der Waals surface area contributed by atoms with Gasteiger partial charge in [0, 0.05) is 16.7 Å². The molecule has 0 heterocycles. The predicted octanol–water partition coefficient (Wildman–Crippen LogP) is 3.09. The van der Waals surface area contributed by atoms with Gasteiger partial charge in [0.1, 0.15) is 0 Å². The van der Waals surface area contributed by atoms with E-state index in [0.717, 1.165) is 17.0 Å². The van der Waals surface area contributed by atoms with Crippen LogP contribution < -0.4 is 0 Å². The van der Waals surface area contributed by atoms with Crippen LogP contribution in [0.3, 0.4) is 0 Å². The van der Waals surface area contributed by atoms with Crippen molar-refractivity contribution in [1.29, 1.82) is 0 Å². The largest absolute Gasteiger partial charge is 0.396 e. The van der Waals surface area contributed by atoms with Crippen LogP contribution in [0, 0.1) is 5.92 Å².